The molecule has 0 heterocycles. The monoisotopic (exact) mass is 366 g/mol. The normalized spacial score (nSPS) is 12.6. The molecule has 0 aliphatic carbocycles. The lowest BCUT2D eigenvalue weighted by molar-refractivity contribution is -0.121. The maximum atomic E-state index is 12.2. The molecule has 0 bridgehead atoms. The van der Waals surface area contributed by atoms with Crippen molar-refractivity contribution >= 4 is 27.5 Å². The minimum absolute atomic E-state index is 0.00152. The molecule has 1 atom stereocenters. The smallest absolute Gasteiger partial charge is 0.222 e. The van der Waals surface area contributed by atoms with Crippen molar-refractivity contribution in [2.24, 2.45) is 0 Å². The number of benzene rings is 2. The molecule has 24 heavy (non-hydrogen) atoms. The van der Waals surface area contributed by atoms with Gasteiger partial charge in [0.15, 0.2) is 0 Å². The van der Waals surface area contributed by atoms with Crippen molar-refractivity contribution in [3.63, 3.8) is 0 Å². The molecule has 128 valence electrons. The molecule has 0 fully saturated rings. The van der Waals surface area contributed by atoms with Gasteiger partial charge in [-0.1, -0.05) is 54.1 Å². The Hall–Kier alpha value is -1.89. The van der Waals surface area contributed by atoms with Gasteiger partial charge in [0.05, 0.1) is 12.3 Å². The predicted octanol–water partition coefficient (Wildman–Crippen LogP) is 2.64. The third-order valence-corrected chi connectivity index (χ3v) is 4.32. The molecule has 2 aromatic carbocycles. The van der Waals surface area contributed by atoms with E-state index in [1.807, 2.05) is 30.3 Å². The Balaban J connectivity index is 2.04. The van der Waals surface area contributed by atoms with Crippen LogP contribution in [-0.4, -0.2) is 20.6 Å². The lowest BCUT2D eigenvalue weighted by Gasteiger charge is -2.18. The molecule has 1 amide bonds. The van der Waals surface area contributed by atoms with Crippen molar-refractivity contribution < 1.29 is 13.2 Å². The lowest BCUT2D eigenvalue weighted by atomic mass is 10.0. The number of hydrogen-bond donors (Lipinski definition) is 2. The van der Waals surface area contributed by atoms with E-state index in [9.17, 15) is 13.2 Å². The first-order chi connectivity index (χ1) is 11.3. The quantitative estimate of drug-likeness (QED) is 0.791. The molecule has 0 spiro atoms. The van der Waals surface area contributed by atoms with Crippen LogP contribution in [0.5, 0.6) is 0 Å². The number of hydrogen-bond acceptors (Lipinski definition) is 3. The summed E-state index contributed by atoms with van der Waals surface area (Å²) in [5.41, 5.74) is 1.66. The number of carbonyl (C=O) groups is 1. The Bertz CT molecular complexity index is 777. The van der Waals surface area contributed by atoms with Crippen LogP contribution in [0.4, 0.5) is 0 Å². The van der Waals surface area contributed by atoms with Crippen LogP contribution in [0.1, 0.15) is 23.6 Å². The predicted molar refractivity (Wildman–Crippen MR) is 95.1 cm³/mol. The van der Waals surface area contributed by atoms with Crippen molar-refractivity contribution in [3.05, 3.63) is 70.7 Å². The van der Waals surface area contributed by atoms with Gasteiger partial charge in [-0.05, 0) is 23.3 Å². The van der Waals surface area contributed by atoms with E-state index in [0.717, 1.165) is 11.8 Å². The molecule has 2 N–H and O–H groups in total. The van der Waals surface area contributed by atoms with Crippen molar-refractivity contribution in [1.82, 2.24) is 10.0 Å². The molecular weight excluding hydrogens is 348 g/mol. The summed E-state index contributed by atoms with van der Waals surface area (Å²) in [6.07, 6.45) is 1.07. The maximum absolute atomic E-state index is 12.2. The van der Waals surface area contributed by atoms with Gasteiger partial charge in [-0.2, -0.15) is 0 Å². The number of nitrogens with one attached hydrogen (secondary N) is 2. The largest absolute Gasteiger partial charge is 0.352 e. The Kier molecular flexibility index (Phi) is 6.36. The van der Waals surface area contributed by atoms with Crippen LogP contribution in [0.25, 0.3) is 0 Å². The second-order valence-corrected chi connectivity index (χ2v) is 7.68. The third kappa shape index (κ3) is 6.31. The molecule has 0 aliphatic heterocycles. The highest BCUT2D eigenvalue weighted by atomic mass is 35.5. The first kappa shape index (κ1) is 18.4. The van der Waals surface area contributed by atoms with Gasteiger partial charge in [-0.25, -0.2) is 13.1 Å². The fourth-order valence-electron chi connectivity index (χ4n) is 2.24. The van der Waals surface area contributed by atoms with Crippen molar-refractivity contribution in [2.45, 2.75) is 19.0 Å². The van der Waals surface area contributed by atoms with Crippen molar-refractivity contribution in [3.8, 4) is 0 Å². The molecular formula is C17H19ClN2O3S. The highest BCUT2D eigenvalue weighted by Gasteiger charge is 2.19. The summed E-state index contributed by atoms with van der Waals surface area (Å²) < 4.78 is 25.6. The summed E-state index contributed by atoms with van der Waals surface area (Å²) in [6.45, 7) is 0.395. The zero-order chi connectivity index (χ0) is 17.6. The Morgan fingerprint density at radius 3 is 2.29 bits per heavy atom. The summed E-state index contributed by atoms with van der Waals surface area (Å²) in [7, 11) is -3.46. The Morgan fingerprint density at radius 2 is 1.71 bits per heavy atom. The molecule has 0 aliphatic rings. The number of amides is 1. The Labute approximate surface area is 147 Å². The van der Waals surface area contributed by atoms with Crippen LogP contribution in [0.3, 0.4) is 0 Å². The van der Waals surface area contributed by atoms with Gasteiger partial charge in [-0.15, -0.1) is 0 Å². The number of halogens is 1. The molecule has 0 saturated heterocycles. The zero-order valence-corrected chi connectivity index (χ0v) is 14.8. The molecule has 0 aromatic heterocycles. The molecule has 0 saturated carbocycles. The molecule has 2 aromatic rings. The highest BCUT2D eigenvalue weighted by molar-refractivity contribution is 7.88. The molecule has 7 heteroatoms. The lowest BCUT2D eigenvalue weighted by Crippen LogP contribution is -2.33. The fourth-order valence-corrected chi connectivity index (χ4v) is 3.10. The van der Waals surface area contributed by atoms with E-state index in [-0.39, 0.29) is 12.3 Å². The zero-order valence-electron chi connectivity index (χ0n) is 13.2. The van der Waals surface area contributed by atoms with E-state index in [1.54, 1.807) is 24.3 Å². The topological polar surface area (TPSA) is 75.3 Å². The van der Waals surface area contributed by atoms with E-state index in [0.29, 0.717) is 17.1 Å². The van der Waals surface area contributed by atoms with Crippen LogP contribution < -0.4 is 10.0 Å². The fraction of sp³-hybridized carbons (Fsp3) is 0.235. The van der Waals surface area contributed by atoms with Crippen LogP contribution in [0, 0.1) is 0 Å². The van der Waals surface area contributed by atoms with Gasteiger partial charge in [0.1, 0.15) is 0 Å². The first-order valence-corrected chi connectivity index (χ1v) is 9.64. The minimum Gasteiger partial charge on any atom is -0.352 e. The summed E-state index contributed by atoms with van der Waals surface area (Å²) in [4.78, 5) is 12.2. The van der Waals surface area contributed by atoms with Gasteiger partial charge in [0.25, 0.3) is 0 Å². The third-order valence-electron chi connectivity index (χ3n) is 3.35. The molecule has 2 rings (SSSR count). The SMILES string of the molecule is CS(=O)(=O)N[C@@H](CC(=O)NCc1ccccc1)c1ccc(Cl)cc1. The van der Waals surface area contributed by atoms with E-state index in [1.165, 1.54) is 0 Å². The van der Waals surface area contributed by atoms with Gasteiger partial charge in [0.2, 0.25) is 15.9 Å². The molecule has 5 nitrogen and oxygen atoms in total. The van der Waals surface area contributed by atoms with Crippen LogP contribution in [-0.2, 0) is 21.4 Å². The second-order valence-electron chi connectivity index (χ2n) is 5.46. The van der Waals surface area contributed by atoms with E-state index >= 15 is 0 Å². The van der Waals surface area contributed by atoms with Crippen molar-refractivity contribution in [2.75, 3.05) is 6.26 Å². The van der Waals surface area contributed by atoms with Gasteiger partial charge >= 0.3 is 0 Å². The van der Waals surface area contributed by atoms with E-state index in [4.69, 9.17) is 11.6 Å². The van der Waals surface area contributed by atoms with Gasteiger partial charge in [0, 0.05) is 18.0 Å². The van der Waals surface area contributed by atoms with Crippen molar-refractivity contribution in [1.29, 1.82) is 0 Å². The summed E-state index contributed by atoms with van der Waals surface area (Å²) in [5.74, 6) is -0.241. The second kappa shape index (κ2) is 8.28. The minimum atomic E-state index is -3.46. The summed E-state index contributed by atoms with van der Waals surface area (Å²) in [6, 6.07) is 15.6. The summed E-state index contributed by atoms with van der Waals surface area (Å²) in [5, 5.41) is 3.34. The standard InChI is InChI=1S/C17H19ClN2O3S/c1-24(22,23)20-16(14-7-9-15(18)10-8-14)11-17(21)19-12-13-5-3-2-4-6-13/h2-10,16,20H,11-12H2,1H3,(H,19,21)/t16-/m0/s1. The highest BCUT2D eigenvalue weighted by Crippen LogP contribution is 2.20. The van der Waals surface area contributed by atoms with E-state index < -0.39 is 16.1 Å². The average molecular weight is 367 g/mol. The Morgan fingerprint density at radius 1 is 1.08 bits per heavy atom. The number of sulfonamides is 1. The average Bonchev–Trinajstić information content (AvgIpc) is 2.53. The van der Waals surface area contributed by atoms with Gasteiger partial charge in [-0.3, -0.25) is 4.79 Å². The molecule has 0 unspecified atom stereocenters. The summed E-state index contributed by atoms with van der Waals surface area (Å²) >= 11 is 5.85. The number of carbonyl (C=O) groups excluding carboxylic acids is 1. The van der Waals surface area contributed by atoms with Crippen LogP contribution in [0.2, 0.25) is 5.02 Å². The molecule has 0 radical (unpaired) electrons. The number of rotatable bonds is 7. The van der Waals surface area contributed by atoms with E-state index in [2.05, 4.69) is 10.0 Å². The van der Waals surface area contributed by atoms with Crippen LogP contribution in [0.15, 0.2) is 54.6 Å². The maximum Gasteiger partial charge on any atom is 0.222 e. The first-order valence-electron chi connectivity index (χ1n) is 7.37. The van der Waals surface area contributed by atoms with Gasteiger partial charge < -0.3 is 5.32 Å². The van der Waals surface area contributed by atoms with Crippen LogP contribution >= 0.6 is 11.6 Å².